The average molecular weight is 327 g/mol. The largest absolute Gasteiger partial charge is 0.459 e. The highest BCUT2D eigenvalue weighted by Gasteiger charge is 2.21. The van der Waals surface area contributed by atoms with Gasteiger partial charge in [0, 0.05) is 10.9 Å². The van der Waals surface area contributed by atoms with Crippen molar-refractivity contribution in [3.63, 3.8) is 0 Å². The molecule has 3 rings (SSSR count). The topological polar surface area (TPSA) is 54.3 Å². The van der Waals surface area contributed by atoms with E-state index in [4.69, 9.17) is 4.42 Å². The van der Waals surface area contributed by atoms with Gasteiger partial charge in [-0.2, -0.15) is 0 Å². The van der Waals surface area contributed by atoms with Crippen LogP contribution in [0.1, 0.15) is 30.6 Å². The Hall–Kier alpha value is -1.59. The lowest BCUT2D eigenvalue weighted by molar-refractivity contribution is -0.123. The summed E-state index contributed by atoms with van der Waals surface area (Å²) >= 11 is 0. The van der Waals surface area contributed by atoms with Gasteiger partial charge in [0.15, 0.2) is 0 Å². The van der Waals surface area contributed by atoms with Gasteiger partial charge >= 0.3 is 0 Å². The number of halogens is 2. The molecular weight excluding hydrogens is 307 g/mol. The first kappa shape index (κ1) is 16.8. The van der Waals surface area contributed by atoms with Crippen LogP contribution >= 0.6 is 12.4 Å². The Balaban J connectivity index is 0.00000176. The van der Waals surface area contributed by atoms with E-state index >= 15 is 0 Å². The molecule has 22 heavy (non-hydrogen) atoms. The fourth-order valence-electron chi connectivity index (χ4n) is 2.78. The summed E-state index contributed by atoms with van der Waals surface area (Å²) in [4.78, 5) is 12.1. The highest BCUT2D eigenvalue weighted by molar-refractivity contribution is 5.85. The summed E-state index contributed by atoms with van der Waals surface area (Å²) < 4.78 is 19.0. The molecule has 0 aliphatic carbocycles. The second-order valence-corrected chi connectivity index (χ2v) is 5.51. The van der Waals surface area contributed by atoms with Gasteiger partial charge in [-0.3, -0.25) is 4.79 Å². The number of benzene rings is 1. The lowest BCUT2D eigenvalue weighted by Crippen LogP contribution is -2.46. The molecule has 1 aliphatic rings. The number of carbonyl (C=O) groups is 1. The van der Waals surface area contributed by atoms with Gasteiger partial charge in [-0.1, -0.05) is 6.42 Å². The van der Waals surface area contributed by atoms with Gasteiger partial charge in [0.1, 0.15) is 17.2 Å². The van der Waals surface area contributed by atoms with Crippen molar-refractivity contribution in [3.8, 4) is 0 Å². The van der Waals surface area contributed by atoms with E-state index in [2.05, 4.69) is 10.6 Å². The molecule has 120 valence electrons. The molecule has 6 heteroatoms. The quantitative estimate of drug-likeness (QED) is 0.911. The second-order valence-electron chi connectivity index (χ2n) is 5.51. The molecule has 0 spiro atoms. The fourth-order valence-corrected chi connectivity index (χ4v) is 2.78. The molecular formula is C16H20ClFN2O2. The van der Waals surface area contributed by atoms with Crippen LogP contribution in [0.15, 0.2) is 22.6 Å². The summed E-state index contributed by atoms with van der Waals surface area (Å²) in [5.74, 6) is 0.397. The Morgan fingerprint density at radius 3 is 3.00 bits per heavy atom. The zero-order valence-corrected chi connectivity index (χ0v) is 13.3. The Morgan fingerprint density at radius 2 is 2.27 bits per heavy atom. The Bertz CT molecular complexity index is 665. The molecule has 1 aromatic carbocycles. The van der Waals surface area contributed by atoms with Crippen molar-refractivity contribution < 1.29 is 13.6 Å². The highest BCUT2D eigenvalue weighted by Crippen LogP contribution is 2.25. The molecule has 1 aromatic heterocycles. The normalized spacial score (nSPS) is 18.0. The Morgan fingerprint density at radius 1 is 1.45 bits per heavy atom. The van der Waals surface area contributed by atoms with Crippen LogP contribution in [0.4, 0.5) is 4.39 Å². The van der Waals surface area contributed by atoms with Crippen molar-refractivity contribution in [1.29, 1.82) is 0 Å². The number of carbonyl (C=O) groups excluding carboxylic acids is 1. The minimum Gasteiger partial charge on any atom is -0.459 e. The first-order chi connectivity index (χ1) is 10.1. The third-order valence-electron chi connectivity index (χ3n) is 4.05. The molecule has 0 bridgehead atoms. The maximum Gasteiger partial charge on any atom is 0.237 e. The maximum absolute atomic E-state index is 13.3. The molecule has 1 saturated heterocycles. The maximum atomic E-state index is 13.3. The average Bonchev–Trinajstić information content (AvgIpc) is 2.82. The van der Waals surface area contributed by atoms with Crippen LogP contribution in [0.2, 0.25) is 0 Å². The molecule has 2 N–H and O–H groups in total. The molecule has 2 heterocycles. The second kappa shape index (κ2) is 7.11. The molecule has 1 fully saturated rings. The third-order valence-corrected chi connectivity index (χ3v) is 4.05. The summed E-state index contributed by atoms with van der Waals surface area (Å²) in [7, 11) is 0. The first-order valence-electron chi connectivity index (χ1n) is 7.34. The van der Waals surface area contributed by atoms with E-state index in [0.29, 0.717) is 17.9 Å². The number of piperidine rings is 1. The van der Waals surface area contributed by atoms with Gasteiger partial charge in [-0.05, 0) is 44.5 Å². The van der Waals surface area contributed by atoms with E-state index in [-0.39, 0.29) is 30.2 Å². The zero-order chi connectivity index (χ0) is 14.8. The van der Waals surface area contributed by atoms with Gasteiger partial charge in [-0.15, -0.1) is 12.4 Å². The van der Waals surface area contributed by atoms with Crippen molar-refractivity contribution >= 4 is 29.3 Å². The number of amides is 1. The fraction of sp³-hybridized carbons (Fsp3) is 0.438. The molecule has 2 aromatic rings. The van der Waals surface area contributed by atoms with Crippen molar-refractivity contribution in [2.75, 3.05) is 6.54 Å². The highest BCUT2D eigenvalue weighted by atomic mass is 35.5. The van der Waals surface area contributed by atoms with Crippen molar-refractivity contribution in [3.05, 3.63) is 35.3 Å². The predicted octanol–water partition coefficient (Wildman–Crippen LogP) is 3.06. The molecule has 4 nitrogen and oxygen atoms in total. The van der Waals surface area contributed by atoms with E-state index < -0.39 is 0 Å². The van der Waals surface area contributed by atoms with Crippen molar-refractivity contribution in [2.24, 2.45) is 0 Å². The van der Waals surface area contributed by atoms with Crippen molar-refractivity contribution in [2.45, 2.75) is 38.8 Å². The van der Waals surface area contributed by atoms with E-state index in [0.717, 1.165) is 36.8 Å². The monoisotopic (exact) mass is 326 g/mol. The zero-order valence-electron chi connectivity index (χ0n) is 12.4. The number of hydrogen-bond acceptors (Lipinski definition) is 3. The van der Waals surface area contributed by atoms with Crippen LogP contribution < -0.4 is 10.6 Å². The minimum absolute atomic E-state index is 0. The summed E-state index contributed by atoms with van der Waals surface area (Å²) in [5.41, 5.74) is 1.52. The van der Waals surface area contributed by atoms with Gasteiger partial charge < -0.3 is 15.1 Å². The predicted molar refractivity (Wildman–Crippen MR) is 85.6 cm³/mol. The van der Waals surface area contributed by atoms with Crippen LogP contribution in [-0.4, -0.2) is 18.5 Å². The number of furan rings is 1. The summed E-state index contributed by atoms with van der Waals surface area (Å²) in [6, 6.07) is 4.34. The molecule has 0 radical (unpaired) electrons. The van der Waals surface area contributed by atoms with E-state index in [9.17, 15) is 9.18 Å². The lowest BCUT2D eigenvalue weighted by atomic mass is 10.0. The molecule has 1 aliphatic heterocycles. The molecule has 1 unspecified atom stereocenters. The van der Waals surface area contributed by atoms with Crippen LogP contribution in [0, 0.1) is 12.7 Å². The van der Waals surface area contributed by atoms with Crippen LogP contribution in [0.25, 0.3) is 11.0 Å². The Labute approximate surface area is 134 Å². The van der Waals surface area contributed by atoms with Crippen LogP contribution in [0.3, 0.4) is 0 Å². The van der Waals surface area contributed by atoms with Crippen LogP contribution in [0.5, 0.6) is 0 Å². The van der Waals surface area contributed by atoms with Crippen molar-refractivity contribution in [1.82, 2.24) is 10.6 Å². The minimum atomic E-state index is -0.284. The third kappa shape index (κ3) is 3.42. The standard InChI is InChI=1S/C16H19FN2O2.ClH/c1-10-12-8-11(17)5-6-14(12)21-15(10)9-19-16(20)13-4-2-3-7-18-13;/h5-6,8,13,18H,2-4,7,9H2,1H3,(H,19,20);1H. The van der Waals surface area contributed by atoms with Crippen LogP contribution in [-0.2, 0) is 11.3 Å². The SMILES string of the molecule is Cc1c(CNC(=O)C2CCCCN2)oc2ccc(F)cc12.Cl. The number of rotatable bonds is 3. The number of aryl methyl sites for hydroxylation is 1. The molecule has 1 amide bonds. The van der Waals surface area contributed by atoms with Gasteiger partial charge in [-0.25, -0.2) is 4.39 Å². The Kier molecular flexibility index (Phi) is 5.42. The summed E-state index contributed by atoms with van der Waals surface area (Å²) in [6.45, 7) is 3.10. The smallest absolute Gasteiger partial charge is 0.237 e. The number of fused-ring (bicyclic) bond motifs is 1. The molecule has 0 saturated carbocycles. The van der Waals surface area contributed by atoms with E-state index in [1.165, 1.54) is 12.1 Å². The first-order valence-corrected chi connectivity index (χ1v) is 7.34. The van der Waals surface area contributed by atoms with Gasteiger partial charge in [0.25, 0.3) is 0 Å². The van der Waals surface area contributed by atoms with E-state index in [1.54, 1.807) is 6.07 Å². The lowest BCUT2D eigenvalue weighted by Gasteiger charge is -2.22. The number of nitrogens with one attached hydrogen (secondary N) is 2. The molecule has 1 atom stereocenters. The summed E-state index contributed by atoms with van der Waals surface area (Å²) in [6.07, 6.45) is 3.07. The van der Waals surface area contributed by atoms with Gasteiger partial charge in [0.2, 0.25) is 5.91 Å². The summed E-state index contributed by atoms with van der Waals surface area (Å²) in [5, 5.41) is 6.87. The van der Waals surface area contributed by atoms with E-state index in [1.807, 2.05) is 6.92 Å². The number of hydrogen-bond donors (Lipinski definition) is 2. The van der Waals surface area contributed by atoms with Gasteiger partial charge in [0.05, 0.1) is 12.6 Å².